The molecule has 0 saturated carbocycles. The summed E-state index contributed by atoms with van der Waals surface area (Å²) in [5.74, 6) is 0. The molecule has 0 aliphatic rings. The zero-order chi connectivity index (χ0) is 10.8. The standard InChI is InChI=1S/C12H15BrN2/c1-3-8-4-5-10-9(6-8)12(13)11(15-10)7-14-2/h4-6,14-15H,3,7H2,1-2H3. The van der Waals surface area contributed by atoms with E-state index in [9.17, 15) is 0 Å². The molecule has 0 fully saturated rings. The van der Waals surface area contributed by atoms with Gasteiger partial charge in [-0.15, -0.1) is 0 Å². The number of H-pyrrole nitrogens is 1. The van der Waals surface area contributed by atoms with E-state index in [0.29, 0.717) is 0 Å². The van der Waals surface area contributed by atoms with Crippen molar-refractivity contribution in [1.29, 1.82) is 0 Å². The van der Waals surface area contributed by atoms with Gasteiger partial charge in [-0.25, -0.2) is 0 Å². The maximum atomic E-state index is 3.64. The predicted molar refractivity (Wildman–Crippen MR) is 68.1 cm³/mol. The van der Waals surface area contributed by atoms with Crippen molar-refractivity contribution in [3.63, 3.8) is 0 Å². The lowest BCUT2D eigenvalue weighted by molar-refractivity contribution is 0.796. The van der Waals surface area contributed by atoms with Gasteiger partial charge in [0, 0.05) is 27.6 Å². The average Bonchev–Trinajstić information content (AvgIpc) is 2.56. The van der Waals surface area contributed by atoms with Gasteiger partial charge in [0.2, 0.25) is 0 Å². The van der Waals surface area contributed by atoms with Crippen LogP contribution in [0.15, 0.2) is 22.7 Å². The fourth-order valence-electron chi connectivity index (χ4n) is 1.78. The molecule has 2 nitrogen and oxygen atoms in total. The minimum atomic E-state index is 0.858. The number of halogens is 1. The lowest BCUT2D eigenvalue weighted by Gasteiger charge is -1.96. The Morgan fingerprint density at radius 1 is 1.40 bits per heavy atom. The number of aromatic nitrogens is 1. The van der Waals surface area contributed by atoms with Crippen molar-refractivity contribution in [2.24, 2.45) is 0 Å². The SMILES string of the molecule is CCc1ccc2[nH]c(CNC)c(Br)c2c1. The van der Waals surface area contributed by atoms with E-state index in [1.54, 1.807) is 0 Å². The Balaban J connectivity index is 2.56. The van der Waals surface area contributed by atoms with E-state index in [0.717, 1.165) is 13.0 Å². The summed E-state index contributed by atoms with van der Waals surface area (Å²) in [6.07, 6.45) is 1.08. The molecule has 1 aromatic heterocycles. The molecule has 0 saturated heterocycles. The molecule has 0 aliphatic carbocycles. The molecule has 15 heavy (non-hydrogen) atoms. The summed E-state index contributed by atoms with van der Waals surface area (Å²) < 4.78 is 1.18. The maximum Gasteiger partial charge on any atom is 0.0474 e. The minimum Gasteiger partial charge on any atom is -0.356 e. The predicted octanol–water partition coefficient (Wildman–Crippen LogP) is 3.21. The van der Waals surface area contributed by atoms with Gasteiger partial charge in [0.05, 0.1) is 0 Å². The molecule has 0 unspecified atom stereocenters. The zero-order valence-electron chi connectivity index (χ0n) is 9.02. The Bertz CT molecular complexity index is 474. The lowest BCUT2D eigenvalue weighted by Crippen LogP contribution is -2.05. The van der Waals surface area contributed by atoms with Gasteiger partial charge in [0.25, 0.3) is 0 Å². The van der Waals surface area contributed by atoms with Crippen LogP contribution in [0.5, 0.6) is 0 Å². The first-order valence-corrected chi connectivity index (χ1v) is 5.99. The molecule has 0 atom stereocenters. The topological polar surface area (TPSA) is 27.8 Å². The number of aryl methyl sites for hydroxylation is 1. The monoisotopic (exact) mass is 266 g/mol. The van der Waals surface area contributed by atoms with Crippen molar-refractivity contribution in [1.82, 2.24) is 10.3 Å². The molecule has 1 aromatic carbocycles. The van der Waals surface area contributed by atoms with Crippen LogP contribution in [0, 0.1) is 0 Å². The highest BCUT2D eigenvalue weighted by Gasteiger charge is 2.08. The van der Waals surface area contributed by atoms with Crippen molar-refractivity contribution in [3.05, 3.63) is 33.9 Å². The van der Waals surface area contributed by atoms with Crippen LogP contribution in [-0.2, 0) is 13.0 Å². The number of hydrogen-bond acceptors (Lipinski definition) is 1. The second-order valence-corrected chi connectivity index (χ2v) is 4.47. The summed E-state index contributed by atoms with van der Waals surface area (Å²) in [6.45, 7) is 3.03. The molecule has 80 valence electrons. The summed E-state index contributed by atoms with van der Waals surface area (Å²) in [5.41, 5.74) is 3.78. The van der Waals surface area contributed by atoms with Gasteiger partial charge in [-0.1, -0.05) is 13.0 Å². The molecule has 1 heterocycles. The van der Waals surface area contributed by atoms with Crippen LogP contribution in [0.4, 0.5) is 0 Å². The Hall–Kier alpha value is -0.800. The number of nitrogens with one attached hydrogen (secondary N) is 2. The van der Waals surface area contributed by atoms with Crippen LogP contribution < -0.4 is 5.32 Å². The zero-order valence-corrected chi connectivity index (χ0v) is 10.6. The molecule has 3 heteroatoms. The Morgan fingerprint density at radius 3 is 2.87 bits per heavy atom. The summed E-state index contributed by atoms with van der Waals surface area (Å²) >= 11 is 3.64. The molecular formula is C12H15BrN2. The van der Waals surface area contributed by atoms with E-state index in [4.69, 9.17) is 0 Å². The number of rotatable bonds is 3. The summed E-state index contributed by atoms with van der Waals surface area (Å²) in [4.78, 5) is 3.41. The van der Waals surface area contributed by atoms with E-state index in [2.05, 4.69) is 51.4 Å². The molecule has 0 bridgehead atoms. The Labute approximate surface area is 98.2 Å². The van der Waals surface area contributed by atoms with Crippen molar-refractivity contribution in [2.45, 2.75) is 19.9 Å². The second-order valence-electron chi connectivity index (χ2n) is 3.68. The van der Waals surface area contributed by atoms with Crippen LogP contribution in [0.2, 0.25) is 0 Å². The third-order valence-corrected chi connectivity index (χ3v) is 3.54. The molecule has 2 aromatic rings. The first-order chi connectivity index (χ1) is 7.26. The van der Waals surface area contributed by atoms with Gasteiger partial charge < -0.3 is 10.3 Å². The van der Waals surface area contributed by atoms with Crippen LogP contribution in [0.25, 0.3) is 10.9 Å². The van der Waals surface area contributed by atoms with E-state index in [1.165, 1.54) is 26.6 Å². The number of hydrogen-bond donors (Lipinski definition) is 2. The van der Waals surface area contributed by atoms with Crippen molar-refractivity contribution >= 4 is 26.8 Å². The summed E-state index contributed by atoms with van der Waals surface area (Å²) in [6, 6.07) is 6.57. The van der Waals surface area contributed by atoms with Crippen LogP contribution in [0.3, 0.4) is 0 Å². The summed E-state index contributed by atoms with van der Waals surface area (Å²) in [7, 11) is 1.95. The maximum absolute atomic E-state index is 3.64. The fourth-order valence-corrected chi connectivity index (χ4v) is 2.35. The second kappa shape index (κ2) is 4.37. The third-order valence-electron chi connectivity index (χ3n) is 2.63. The smallest absolute Gasteiger partial charge is 0.0474 e. The largest absolute Gasteiger partial charge is 0.356 e. The Morgan fingerprint density at radius 2 is 2.20 bits per heavy atom. The number of aromatic amines is 1. The van der Waals surface area contributed by atoms with E-state index < -0.39 is 0 Å². The van der Waals surface area contributed by atoms with E-state index in [1.807, 2.05) is 7.05 Å². The number of fused-ring (bicyclic) bond motifs is 1. The van der Waals surface area contributed by atoms with Crippen LogP contribution >= 0.6 is 15.9 Å². The third kappa shape index (κ3) is 1.94. The highest BCUT2D eigenvalue weighted by Crippen LogP contribution is 2.28. The molecular weight excluding hydrogens is 252 g/mol. The first-order valence-electron chi connectivity index (χ1n) is 5.19. The average molecular weight is 267 g/mol. The molecule has 0 radical (unpaired) electrons. The minimum absolute atomic E-state index is 0.858. The highest BCUT2D eigenvalue weighted by molar-refractivity contribution is 9.10. The summed E-state index contributed by atoms with van der Waals surface area (Å²) in [5, 5.41) is 4.43. The normalized spacial score (nSPS) is 11.1. The van der Waals surface area contributed by atoms with Crippen molar-refractivity contribution in [3.8, 4) is 0 Å². The van der Waals surface area contributed by atoms with Crippen LogP contribution in [0.1, 0.15) is 18.2 Å². The molecule has 2 rings (SSSR count). The van der Waals surface area contributed by atoms with Gasteiger partial charge in [-0.05, 0) is 47.1 Å². The highest BCUT2D eigenvalue weighted by atomic mass is 79.9. The molecule has 0 spiro atoms. The molecule has 2 N–H and O–H groups in total. The lowest BCUT2D eigenvalue weighted by atomic mass is 10.1. The van der Waals surface area contributed by atoms with Gasteiger partial charge in [-0.3, -0.25) is 0 Å². The molecule has 0 aliphatic heterocycles. The van der Waals surface area contributed by atoms with Gasteiger partial charge >= 0.3 is 0 Å². The van der Waals surface area contributed by atoms with Crippen LogP contribution in [-0.4, -0.2) is 12.0 Å². The van der Waals surface area contributed by atoms with Gasteiger partial charge in [0.1, 0.15) is 0 Å². The molecule has 0 amide bonds. The Kier molecular flexibility index (Phi) is 3.12. The van der Waals surface area contributed by atoms with E-state index >= 15 is 0 Å². The van der Waals surface area contributed by atoms with Crippen molar-refractivity contribution < 1.29 is 0 Å². The van der Waals surface area contributed by atoms with Gasteiger partial charge in [-0.2, -0.15) is 0 Å². The first kappa shape index (κ1) is 10.7. The quantitative estimate of drug-likeness (QED) is 0.878. The number of benzene rings is 1. The van der Waals surface area contributed by atoms with Crippen molar-refractivity contribution in [2.75, 3.05) is 7.05 Å². The fraction of sp³-hybridized carbons (Fsp3) is 0.333. The van der Waals surface area contributed by atoms with Gasteiger partial charge in [0.15, 0.2) is 0 Å². The van der Waals surface area contributed by atoms with E-state index in [-0.39, 0.29) is 0 Å².